The summed E-state index contributed by atoms with van der Waals surface area (Å²) >= 11 is 0. The standard InChI is InChI=1S/C16H19FN4O2/c1-10(16(22)20-13-8-23-9-13)19-7-15(18)21-5-4-11-6-12(17)2-3-14(11)21/h2-3,6-7,13H,4-5,8-9,18H2,1H3,(H,20,22)/b15-7-,19-10?. The van der Waals surface area contributed by atoms with Gasteiger partial charge in [-0.05, 0) is 37.1 Å². The molecule has 2 heterocycles. The SMILES string of the molecule is CC(=N/C=C(/N)N1CCc2cc(F)ccc21)C(=O)NC1COC1. The number of fused-ring (bicyclic) bond motifs is 1. The molecule has 0 saturated carbocycles. The molecule has 23 heavy (non-hydrogen) atoms. The van der Waals surface area contributed by atoms with Crippen molar-refractivity contribution in [2.75, 3.05) is 24.7 Å². The Labute approximate surface area is 133 Å². The molecule has 7 heteroatoms. The molecule has 1 aromatic carbocycles. The summed E-state index contributed by atoms with van der Waals surface area (Å²) in [5.41, 5.74) is 8.19. The summed E-state index contributed by atoms with van der Waals surface area (Å²) in [7, 11) is 0. The van der Waals surface area contributed by atoms with Crippen molar-refractivity contribution in [1.29, 1.82) is 0 Å². The summed E-state index contributed by atoms with van der Waals surface area (Å²) in [6.45, 7) is 3.38. The minimum Gasteiger partial charge on any atom is -0.384 e. The molecule has 3 rings (SSSR count). The van der Waals surface area contributed by atoms with Crippen LogP contribution in [0.25, 0.3) is 0 Å². The number of nitrogens with two attached hydrogens (primary N) is 1. The van der Waals surface area contributed by atoms with Gasteiger partial charge in [-0.3, -0.25) is 9.79 Å². The fraction of sp³-hybridized carbons (Fsp3) is 0.375. The van der Waals surface area contributed by atoms with Crippen LogP contribution in [0.2, 0.25) is 0 Å². The molecule has 1 fully saturated rings. The first-order valence-corrected chi connectivity index (χ1v) is 7.49. The van der Waals surface area contributed by atoms with Crippen LogP contribution >= 0.6 is 0 Å². The largest absolute Gasteiger partial charge is 0.384 e. The predicted octanol–water partition coefficient (Wildman–Crippen LogP) is 0.922. The number of carbonyl (C=O) groups excluding carboxylic acids is 1. The van der Waals surface area contributed by atoms with E-state index in [0.29, 0.717) is 31.3 Å². The molecule has 2 aliphatic rings. The second kappa shape index (κ2) is 6.37. The maximum absolute atomic E-state index is 13.2. The number of nitrogens with zero attached hydrogens (tertiary/aromatic N) is 2. The molecule has 0 bridgehead atoms. The summed E-state index contributed by atoms with van der Waals surface area (Å²) in [4.78, 5) is 17.9. The van der Waals surface area contributed by atoms with Crippen LogP contribution in [0.4, 0.5) is 10.1 Å². The zero-order valence-corrected chi connectivity index (χ0v) is 12.9. The fourth-order valence-electron chi connectivity index (χ4n) is 2.54. The molecule has 0 aromatic heterocycles. The smallest absolute Gasteiger partial charge is 0.265 e. The van der Waals surface area contributed by atoms with Crippen LogP contribution in [0.15, 0.2) is 35.2 Å². The number of nitrogens with one attached hydrogen (secondary N) is 1. The Morgan fingerprint density at radius 2 is 2.30 bits per heavy atom. The van der Waals surface area contributed by atoms with Crippen LogP contribution in [-0.4, -0.2) is 37.4 Å². The lowest BCUT2D eigenvalue weighted by atomic mass is 10.2. The van der Waals surface area contributed by atoms with Gasteiger partial charge in [0.1, 0.15) is 17.3 Å². The minimum atomic E-state index is -0.251. The predicted molar refractivity (Wildman–Crippen MR) is 85.6 cm³/mol. The Balaban J connectivity index is 1.68. The maximum Gasteiger partial charge on any atom is 0.265 e. The first kappa shape index (κ1) is 15.5. The molecule has 0 atom stereocenters. The Morgan fingerprint density at radius 3 is 3.00 bits per heavy atom. The molecule has 0 unspecified atom stereocenters. The van der Waals surface area contributed by atoms with Crippen molar-refractivity contribution in [3.05, 3.63) is 41.6 Å². The second-order valence-electron chi connectivity index (χ2n) is 5.65. The highest BCUT2D eigenvalue weighted by atomic mass is 19.1. The van der Waals surface area contributed by atoms with Crippen LogP contribution in [0.5, 0.6) is 0 Å². The Morgan fingerprint density at radius 1 is 1.52 bits per heavy atom. The number of benzene rings is 1. The van der Waals surface area contributed by atoms with Crippen molar-refractivity contribution in [3.8, 4) is 0 Å². The van der Waals surface area contributed by atoms with E-state index in [0.717, 1.165) is 17.7 Å². The van der Waals surface area contributed by atoms with Crippen LogP contribution in [-0.2, 0) is 16.0 Å². The van der Waals surface area contributed by atoms with E-state index in [9.17, 15) is 9.18 Å². The number of anilines is 1. The molecule has 1 saturated heterocycles. The van der Waals surface area contributed by atoms with Gasteiger partial charge in [0.2, 0.25) is 0 Å². The molecule has 0 spiro atoms. The summed E-state index contributed by atoms with van der Waals surface area (Å²) < 4.78 is 18.2. The van der Waals surface area contributed by atoms with Crippen molar-refractivity contribution < 1.29 is 13.9 Å². The summed E-state index contributed by atoms with van der Waals surface area (Å²) in [6, 6.07) is 4.70. The average molecular weight is 318 g/mol. The molecule has 1 amide bonds. The number of hydrogen-bond acceptors (Lipinski definition) is 5. The summed E-state index contributed by atoms with van der Waals surface area (Å²) in [6.07, 6.45) is 2.19. The normalized spacial score (nSPS) is 18.6. The van der Waals surface area contributed by atoms with E-state index in [-0.39, 0.29) is 17.8 Å². The van der Waals surface area contributed by atoms with Gasteiger partial charge in [-0.15, -0.1) is 0 Å². The van der Waals surface area contributed by atoms with Gasteiger partial charge in [0.15, 0.2) is 0 Å². The van der Waals surface area contributed by atoms with Crippen LogP contribution in [0.3, 0.4) is 0 Å². The van der Waals surface area contributed by atoms with Crippen molar-refractivity contribution >= 4 is 17.3 Å². The molecule has 0 radical (unpaired) electrons. The van der Waals surface area contributed by atoms with Crippen LogP contribution < -0.4 is 16.0 Å². The molecule has 3 N–H and O–H groups in total. The molecule has 0 aliphatic carbocycles. The highest BCUT2D eigenvalue weighted by Gasteiger charge is 2.22. The zero-order chi connectivity index (χ0) is 16.4. The fourth-order valence-corrected chi connectivity index (χ4v) is 2.54. The van der Waals surface area contributed by atoms with E-state index in [1.807, 2.05) is 4.90 Å². The molecule has 122 valence electrons. The van der Waals surface area contributed by atoms with E-state index in [2.05, 4.69) is 10.3 Å². The molecule has 6 nitrogen and oxygen atoms in total. The number of amides is 1. The van der Waals surface area contributed by atoms with E-state index < -0.39 is 0 Å². The topological polar surface area (TPSA) is 80.0 Å². The first-order valence-electron chi connectivity index (χ1n) is 7.49. The Kier molecular flexibility index (Phi) is 4.29. The van der Waals surface area contributed by atoms with Gasteiger partial charge in [-0.1, -0.05) is 0 Å². The number of carbonyl (C=O) groups is 1. The van der Waals surface area contributed by atoms with E-state index in [1.54, 1.807) is 13.0 Å². The lowest BCUT2D eigenvalue weighted by molar-refractivity contribution is -0.118. The van der Waals surface area contributed by atoms with E-state index >= 15 is 0 Å². The lowest BCUT2D eigenvalue weighted by Gasteiger charge is -2.26. The van der Waals surface area contributed by atoms with Gasteiger partial charge < -0.3 is 20.7 Å². The second-order valence-corrected chi connectivity index (χ2v) is 5.65. The number of ether oxygens (including phenoxy) is 1. The molecular formula is C16H19FN4O2. The monoisotopic (exact) mass is 318 g/mol. The van der Waals surface area contributed by atoms with Gasteiger partial charge in [0.25, 0.3) is 5.91 Å². The van der Waals surface area contributed by atoms with Crippen molar-refractivity contribution in [3.63, 3.8) is 0 Å². The molecular weight excluding hydrogens is 299 g/mol. The van der Waals surface area contributed by atoms with Crippen molar-refractivity contribution in [2.45, 2.75) is 19.4 Å². The number of rotatable bonds is 4. The highest BCUT2D eigenvalue weighted by Crippen LogP contribution is 2.30. The van der Waals surface area contributed by atoms with E-state index in [4.69, 9.17) is 10.5 Å². The van der Waals surface area contributed by atoms with Gasteiger partial charge in [0, 0.05) is 12.2 Å². The summed E-state index contributed by atoms with van der Waals surface area (Å²) in [5, 5.41) is 2.81. The number of halogens is 1. The van der Waals surface area contributed by atoms with Gasteiger partial charge in [-0.25, -0.2) is 4.39 Å². The lowest BCUT2D eigenvalue weighted by Crippen LogP contribution is -2.50. The molecule has 2 aliphatic heterocycles. The van der Waals surface area contributed by atoms with E-state index in [1.165, 1.54) is 18.3 Å². The van der Waals surface area contributed by atoms with Gasteiger partial charge in [0.05, 0.1) is 25.5 Å². The number of hydrogen-bond donors (Lipinski definition) is 2. The zero-order valence-electron chi connectivity index (χ0n) is 12.9. The van der Waals surface area contributed by atoms with Crippen LogP contribution in [0, 0.1) is 5.82 Å². The van der Waals surface area contributed by atoms with Crippen molar-refractivity contribution in [1.82, 2.24) is 5.32 Å². The third kappa shape index (κ3) is 3.34. The summed E-state index contributed by atoms with van der Waals surface area (Å²) in [5.74, 6) is -0.0561. The van der Waals surface area contributed by atoms with Gasteiger partial charge in [-0.2, -0.15) is 0 Å². The Bertz CT molecular complexity index is 683. The van der Waals surface area contributed by atoms with Crippen LogP contribution in [0.1, 0.15) is 12.5 Å². The van der Waals surface area contributed by atoms with Crippen molar-refractivity contribution in [2.24, 2.45) is 10.7 Å². The average Bonchev–Trinajstić information content (AvgIpc) is 2.90. The quantitative estimate of drug-likeness (QED) is 0.809. The minimum absolute atomic E-state index is 0.0642. The highest BCUT2D eigenvalue weighted by molar-refractivity contribution is 6.38. The third-order valence-electron chi connectivity index (χ3n) is 3.94. The third-order valence-corrected chi connectivity index (χ3v) is 3.94. The first-order chi connectivity index (χ1) is 11.0. The van der Waals surface area contributed by atoms with Gasteiger partial charge >= 0.3 is 0 Å². The molecule has 1 aromatic rings. The number of aliphatic imine (C=N–C) groups is 1. The Hall–Kier alpha value is -2.41. The maximum atomic E-state index is 13.2.